The van der Waals surface area contributed by atoms with Gasteiger partial charge in [-0.3, -0.25) is 0 Å². The molecule has 0 rings (SSSR count). The molecule has 0 spiro atoms. The highest BCUT2D eigenvalue weighted by molar-refractivity contribution is 7.81. The lowest BCUT2D eigenvalue weighted by atomic mass is 9.72. The SMILES string of the molecule is CCCCCC(CC)(CCCCC)C(S)CC. The third-order valence-electron chi connectivity index (χ3n) is 4.35. The zero-order chi connectivity index (χ0) is 13.1. The van der Waals surface area contributed by atoms with E-state index in [1.165, 1.54) is 64.2 Å². The first-order chi connectivity index (χ1) is 8.16. The first-order valence-electron chi connectivity index (χ1n) is 7.84. The van der Waals surface area contributed by atoms with Crippen molar-refractivity contribution >= 4 is 12.6 Å². The molecule has 17 heavy (non-hydrogen) atoms. The van der Waals surface area contributed by atoms with Crippen LogP contribution in [0.3, 0.4) is 0 Å². The summed E-state index contributed by atoms with van der Waals surface area (Å²) in [7, 11) is 0. The Morgan fingerprint density at radius 3 is 1.59 bits per heavy atom. The first kappa shape index (κ1) is 17.4. The van der Waals surface area contributed by atoms with Crippen molar-refractivity contribution in [2.75, 3.05) is 0 Å². The second-order valence-electron chi connectivity index (χ2n) is 5.55. The normalized spacial score (nSPS) is 13.9. The quantitative estimate of drug-likeness (QED) is 0.328. The topological polar surface area (TPSA) is 0 Å². The van der Waals surface area contributed by atoms with Gasteiger partial charge in [0.1, 0.15) is 0 Å². The molecule has 0 radical (unpaired) electrons. The summed E-state index contributed by atoms with van der Waals surface area (Å²) in [5.74, 6) is 0. The molecule has 1 unspecified atom stereocenters. The number of rotatable bonds is 11. The van der Waals surface area contributed by atoms with Crippen LogP contribution in [0, 0.1) is 5.41 Å². The van der Waals surface area contributed by atoms with Crippen molar-refractivity contribution in [3.8, 4) is 0 Å². The fourth-order valence-corrected chi connectivity index (χ4v) is 3.38. The number of thiol groups is 1. The van der Waals surface area contributed by atoms with Gasteiger partial charge in [-0.15, -0.1) is 0 Å². The molecule has 0 bridgehead atoms. The number of unbranched alkanes of at least 4 members (excludes halogenated alkanes) is 4. The molecule has 0 N–H and O–H groups in total. The second-order valence-corrected chi connectivity index (χ2v) is 6.18. The summed E-state index contributed by atoms with van der Waals surface area (Å²) in [6.07, 6.45) is 13.5. The molecule has 0 heterocycles. The van der Waals surface area contributed by atoms with Gasteiger partial charge in [0, 0.05) is 5.25 Å². The molecule has 1 heteroatoms. The fraction of sp³-hybridized carbons (Fsp3) is 1.00. The summed E-state index contributed by atoms with van der Waals surface area (Å²) in [4.78, 5) is 0. The number of hydrogen-bond donors (Lipinski definition) is 1. The molecule has 1 atom stereocenters. The van der Waals surface area contributed by atoms with E-state index < -0.39 is 0 Å². The first-order valence-corrected chi connectivity index (χ1v) is 8.36. The monoisotopic (exact) mass is 258 g/mol. The third-order valence-corrected chi connectivity index (χ3v) is 5.27. The maximum atomic E-state index is 4.90. The summed E-state index contributed by atoms with van der Waals surface area (Å²) in [6.45, 7) is 9.25. The Hall–Kier alpha value is 0.350. The molecule has 0 amide bonds. The predicted molar refractivity (Wildman–Crippen MR) is 84.1 cm³/mol. The molecule has 0 nitrogen and oxygen atoms in total. The minimum atomic E-state index is 0.516. The van der Waals surface area contributed by atoms with Gasteiger partial charge in [0.25, 0.3) is 0 Å². The molecule has 0 aliphatic rings. The zero-order valence-electron chi connectivity index (χ0n) is 12.6. The molecular weight excluding hydrogens is 224 g/mol. The Bertz CT molecular complexity index is 155. The maximum Gasteiger partial charge on any atom is 0.00705 e. The smallest absolute Gasteiger partial charge is 0.00705 e. The summed E-state index contributed by atoms with van der Waals surface area (Å²) >= 11 is 4.90. The van der Waals surface area contributed by atoms with E-state index in [-0.39, 0.29) is 0 Å². The summed E-state index contributed by atoms with van der Waals surface area (Å²) in [5, 5.41) is 0.598. The molecule has 0 aromatic rings. The lowest BCUT2D eigenvalue weighted by Crippen LogP contribution is -2.31. The van der Waals surface area contributed by atoms with Gasteiger partial charge in [0.05, 0.1) is 0 Å². The molecule has 0 saturated carbocycles. The van der Waals surface area contributed by atoms with Gasteiger partial charge < -0.3 is 0 Å². The average Bonchev–Trinajstić information content (AvgIpc) is 2.36. The van der Waals surface area contributed by atoms with Crippen LogP contribution in [0.15, 0.2) is 0 Å². The van der Waals surface area contributed by atoms with E-state index in [9.17, 15) is 0 Å². The van der Waals surface area contributed by atoms with E-state index in [0.717, 1.165) is 0 Å². The molecular formula is C16H34S. The van der Waals surface area contributed by atoms with Gasteiger partial charge in [-0.1, -0.05) is 66.2 Å². The Labute approximate surface area is 115 Å². The van der Waals surface area contributed by atoms with Gasteiger partial charge in [0.15, 0.2) is 0 Å². The van der Waals surface area contributed by atoms with Crippen molar-refractivity contribution in [1.82, 2.24) is 0 Å². The van der Waals surface area contributed by atoms with Crippen LogP contribution in [-0.4, -0.2) is 5.25 Å². The van der Waals surface area contributed by atoms with E-state index in [1.807, 2.05) is 0 Å². The molecule has 104 valence electrons. The lowest BCUT2D eigenvalue weighted by Gasteiger charge is -2.38. The Kier molecular flexibility index (Phi) is 10.5. The van der Waals surface area contributed by atoms with Gasteiger partial charge in [-0.05, 0) is 31.1 Å². The fourth-order valence-electron chi connectivity index (χ4n) is 2.93. The van der Waals surface area contributed by atoms with Crippen LogP contribution in [0.25, 0.3) is 0 Å². The zero-order valence-corrected chi connectivity index (χ0v) is 13.5. The summed E-state index contributed by atoms with van der Waals surface area (Å²) < 4.78 is 0. The highest BCUT2D eigenvalue weighted by Gasteiger charge is 2.32. The van der Waals surface area contributed by atoms with Crippen LogP contribution in [0.1, 0.15) is 91.9 Å². The highest BCUT2D eigenvalue weighted by atomic mass is 32.1. The van der Waals surface area contributed by atoms with Crippen LogP contribution in [0.2, 0.25) is 0 Å². The van der Waals surface area contributed by atoms with E-state index >= 15 is 0 Å². The largest absolute Gasteiger partial charge is 0.175 e. The van der Waals surface area contributed by atoms with Crippen molar-refractivity contribution in [3.63, 3.8) is 0 Å². The van der Waals surface area contributed by atoms with Crippen LogP contribution >= 0.6 is 12.6 Å². The van der Waals surface area contributed by atoms with E-state index in [0.29, 0.717) is 10.7 Å². The Morgan fingerprint density at radius 2 is 1.29 bits per heavy atom. The Morgan fingerprint density at radius 1 is 0.824 bits per heavy atom. The molecule has 0 saturated heterocycles. The number of hydrogen-bond acceptors (Lipinski definition) is 1. The lowest BCUT2D eigenvalue weighted by molar-refractivity contribution is 0.202. The molecule has 0 aliphatic carbocycles. The standard InChI is InChI=1S/C16H34S/c1-5-9-11-13-16(8-4,15(17)7-3)14-12-10-6-2/h15,17H,5-14H2,1-4H3. The highest BCUT2D eigenvalue weighted by Crippen LogP contribution is 2.42. The molecule has 0 aromatic carbocycles. The van der Waals surface area contributed by atoms with E-state index in [1.54, 1.807) is 0 Å². The minimum Gasteiger partial charge on any atom is -0.175 e. The van der Waals surface area contributed by atoms with Crippen molar-refractivity contribution in [2.45, 2.75) is 97.2 Å². The van der Waals surface area contributed by atoms with Gasteiger partial charge in [0.2, 0.25) is 0 Å². The summed E-state index contributed by atoms with van der Waals surface area (Å²) in [6, 6.07) is 0. The van der Waals surface area contributed by atoms with Crippen LogP contribution < -0.4 is 0 Å². The maximum absolute atomic E-state index is 4.90. The van der Waals surface area contributed by atoms with Crippen molar-refractivity contribution in [1.29, 1.82) is 0 Å². The van der Waals surface area contributed by atoms with Gasteiger partial charge >= 0.3 is 0 Å². The van der Waals surface area contributed by atoms with E-state index in [2.05, 4.69) is 27.7 Å². The molecule has 0 aliphatic heterocycles. The Balaban J connectivity index is 4.39. The third kappa shape index (κ3) is 6.18. The van der Waals surface area contributed by atoms with Gasteiger partial charge in [-0.2, -0.15) is 12.6 Å². The van der Waals surface area contributed by atoms with Gasteiger partial charge in [-0.25, -0.2) is 0 Å². The molecule has 0 aromatic heterocycles. The van der Waals surface area contributed by atoms with Crippen molar-refractivity contribution < 1.29 is 0 Å². The van der Waals surface area contributed by atoms with E-state index in [4.69, 9.17) is 12.6 Å². The minimum absolute atomic E-state index is 0.516. The van der Waals surface area contributed by atoms with Crippen molar-refractivity contribution in [2.24, 2.45) is 5.41 Å². The molecule has 0 fully saturated rings. The average molecular weight is 259 g/mol. The van der Waals surface area contributed by atoms with Crippen LogP contribution in [0.4, 0.5) is 0 Å². The second kappa shape index (κ2) is 10.3. The summed E-state index contributed by atoms with van der Waals surface area (Å²) in [5.41, 5.74) is 0.516. The van der Waals surface area contributed by atoms with Crippen LogP contribution in [-0.2, 0) is 0 Å². The predicted octanol–water partition coefficient (Wildman–Crippen LogP) is 6.25. The van der Waals surface area contributed by atoms with Crippen LogP contribution in [0.5, 0.6) is 0 Å². The van der Waals surface area contributed by atoms with Crippen molar-refractivity contribution in [3.05, 3.63) is 0 Å².